The molecule has 0 aromatic rings. The molecular formula is C9H16ClNO5. The molecule has 6 nitrogen and oxygen atoms in total. The first-order valence-electron chi connectivity index (χ1n) is 4.89. The second-order valence-electron chi connectivity index (χ2n) is 3.62. The lowest BCUT2D eigenvalue weighted by atomic mass is 9.98. The zero-order valence-corrected chi connectivity index (χ0v) is 9.85. The van der Waals surface area contributed by atoms with Crippen molar-refractivity contribution in [1.82, 2.24) is 5.32 Å². The first-order chi connectivity index (χ1) is 7.51. The Morgan fingerprint density at radius 2 is 2.25 bits per heavy atom. The third kappa shape index (κ3) is 2.83. The van der Waals surface area contributed by atoms with Gasteiger partial charge in [-0.25, -0.2) is 0 Å². The van der Waals surface area contributed by atoms with Crippen LogP contribution in [0, 0.1) is 0 Å². The van der Waals surface area contributed by atoms with Crippen molar-refractivity contribution >= 4 is 17.5 Å². The summed E-state index contributed by atoms with van der Waals surface area (Å²) in [4.78, 5) is 11.0. The molecule has 94 valence electrons. The predicted octanol–water partition coefficient (Wildman–Crippen LogP) is -1.18. The van der Waals surface area contributed by atoms with Gasteiger partial charge in [-0.05, 0) is 0 Å². The number of hydrogen-bond acceptors (Lipinski definition) is 5. The summed E-state index contributed by atoms with van der Waals surface area (Å²) >= 11 is 6.00. The lowest BCUT2D eigenvalue weighted by Gasteiger charge is -2.41. The van der Waals surface area contributed by atoms with Gasteiger partial charge in [-0.1, -0.05) is 0 Å². The molecule has 16 heavy (non-hydrogen) atoms. The topological polar surface area (TPSA) is 88.0 Å². The molecule has 3 N–H and O–H groups in total. The third-order valence-electron chi connectivity index (χ3n) is 2.44. The Morgan fingerprint density at radius 1 is 1.62 bits per heavy atom. The fourth-order valence-corrected chi connectivity index (χ4v) is 2.03. The van der Waals surface area contributed by atoms with Crippen molar-refractivity contribution in [3.8, 4) is 0 Å². The molecule has 5 atom stereocenters. The molecule has 0 saturated carbocycles. The minimum atomic E-state index is -1.07. The molecule has 1 rings (SSSR count). The molecule has 0 unspecified atom stereocenters. The van der Waals surface area contributed by atoms with Crippen LogP contribution in [-0.2, 0) is 14.3 Å². The summed E-state index contributed by atoms with van der Waals surface area (Å²) in [6.07, 6.45) is -2.67. The van der Waals surface area contributed by atoms with Crippen LogP contribution in [0.25, 0.3) is 0 Å². The van der Waals surface area contributed by atoms with Crippen molar-refractivity contribution in [2.75, 3.05) is 13.7 Å². The molecule has 1 heterocycles. The molecule has 1 aliphatic rings. The van der Waals surface area contributed by atoms with Crippen LogP contribution < -0.4 is 5.32 Å². The maximum atomic E-state index is 11.0. The van der Waals surface area contributed by atoms with Crippen LogP contribution in [0.4, 0.5) is 0 Å². The summed E-state index contributed by atoms with van der Waals surface area (Å²) in [6.45, 7) is 0.947. The highest BCUT2D eigenvalue weighted by molar-refractivity contribution is 6.21. The maximum Gasteiger partial charge on any atom is 0.217 e. The van der Waals surface area contributed by atoms with E-state index in [1.807, 2.05) is 0 Å². The van der Waals surface area contributed by atoms with Crippen LogP contribution in [-0.4, -0.2) is 59.8 Å². The van der Waals surface area contributed by atoms with Gasteiger partial charge in [0.15, 0.2) is 6.29 Å². The second-order valence-corrected chi connectivity index (χ2v) is 4.13. The number of aliphatic hydroxyl groups is 2. The molecule has 1 amide bonds. The summed E-state index contributed by atoms with van der Waals surface area (Å²) in [7, 11) is 1.40. The molecule has 0 radical (unpaired) electrons. The zero-order chi connectivity index (χ0) is 12.3. The predicted molar refractivity (Wildman–Crippen MR) is 56.0 cm³/mol. The SMILES string of the molecule is CO[C@H]1O[C@H](CO)[C@@H](O)[C@@H](NC(C)=O)[C@@H]1Cl. The van der Waals surface area contributed by atoms with Crippen molar-refractivity contribution < 1.29 is 24.5 Å². The molecule has 0 bridgehead atoms. The van der Waals surface area contributed by atoms with E-state index in [1.54, 1.807) is 0 Å². The van der Waals surface area contributed by atoms with E-state index in [0.29, 0.717) is 0 Å². The summed E-state index contributed by atoms with van der Waals surface area (Å²) in [5.74, 6) is -0.317. The largest absolute Gasteiger partial charge is 0.394 e. The van der Waals surface area contributed by atoms with Crippen LogP contribution in [0.1, 0.15) is 6.92 Å². The molecule has 0 aromatic carbocycles. The van der Waals surface area contributed by atoms with E-state index in [4.69, 9.17) is 26.2 Å². The number of ether oxygens (including phenoxy) is 2. The Bertz CT molecular complexity index is 236. The number of halogens is 1. The molecule has 0 aromatic heterocycles. The molecule has 1 saturated heterocycles. The third-order valence-corrected chi connectivity index (χ3v) is 2.92. The number of alkyl halides is 1. The van der Waals surface area contributed by atoms with Gasteiger partial charge in [-0.3, -0.25) is 4.79 Å². The summed E-state index contributed by atoms with van der Waals surface area (Å²) < 4.78 is 10.2. The van der Waals surface area contributed by atoms with Gasteiger partial charge in [0.05, 0.1) is 12.6 Å². The Labute approximate surface area is 98.5 Å². The first-order valence-corrected chi connectivity index (χ1v) is 5.33. The number of nitrogens with one attached hydrogen (secondary N) is 1. The highest BCUT2D eigenvalue weighted by atomic mass is 35.5. The van der Waals surface area contributed by atoms with Gasteiger partial charge in [0, 0.05) is 14.0 Å². The van der Waals surface area contributed by atoms with E-state index in [1.165, 1.54) is 14.0 Å². The second kappa shape index (κ2) is 5.79. The smallest absolute Gasteiger partial charge is 0.217 e. The Morgan fingerprint density at radius 3 is 2.69 bits per heavy atom. The van der Waals surface area contributed by atoms with Gasteiger partial charge < -0.3 is 25.0 Å². The molecule has 0 spiro atoms. The minimum absolute atomic E-state index is 0.317. The molecule has 7 heteroatoms. The number of carbonyl (C=O) groups is 1. The molecular weight excluding hydrogens is 238 g/mol. The van der Waals surface area contributed by atoms with Crippen molar-refractivity contribution in [1.29, 1.82) is 0 Å². The highest BCUT2D eigenvalue weighted by Gasteiger charge is 2.44. The highest BCUT2D eigenvalue weighted by Crippen LogP contribution is 2.25. The standard InChI is InChI=1S/C9H16ClNO5/c1-4(13)11-7-6(10)9(15-2)16-5(3-12)8(7)14/h5-9,12,14H,3H2,1-2H3,(H,11,13)/t5-,6+,7+,8-,9+/m1/s1. The van der Waals surface area contributed by atoms with Crippen molar-refractivity contribution in [3.63, 3.8) is 0 Å². The average molecular weight is 254 g/mol. The number of amides is 1. The van der Waals surface area contributed by atoms with E-state index < -0.39 is 29.9 Å². The summed E-state index contributed by atoms with van der Waals surface area (Å²) in [5.41, 5.74) is 0. The van der Waals surface area contributed by atoms with E-state index in [9.17, 15) is 9.90 Å². The van der Waals surface area contributed by atoms with Gasteiger partial charge in [-0.2, -0.15) is 0 Å². The Balaban J connectivity index is 2.79. The van der Waals surface area contributed by atoms with Crippen LogP contribution in [0.2, 0.25) is 0 Å². The maximum absolute atomic E-state index is 11.0. The fraction of sp³-hybridized carbons (Fsp3) is 0.889. The van der Waals surface area contributed by atoms with Gasteiger partial charge in [-0.15, -0.1) is 11.6 Å². The van der Waals surface area contributed by atoms with Crippen molar-refractivity contribution in [3.05, 3.63) is 0 Å². The molecule has 1 aliphatic heterocycles. The van der Waals surface area contributed by atoms with Gasteiger partial charge in [0.2, 0.25) is 5.91 Å². The number of carbonyl (C=O) groups excluding carboxylic acids is 1. The van der Waals surface area contributed by atoms with Crippen LogP contribution in [0.15, 0.2) is 0 Å². The van der Waals surface area contributed by atoms with Crippen molar-refractivity contribution in [2.45, 2.75) is 36.8 Å². The van der Waals surface area contributed by atoms with Crippen molar-refractivity contribution in [2.24, 2.45) is 0 Å². The summed E-state index contributed by atoms with van der Waals surface area (Å²) in [5, 5.41) is 20.6. The number of aliphatic hydroxyl groups excluding tert-OH is 2. The van der Waals surface area contributed by atoms with Crippen LogP contribution in [0.3, 0.4) is 0 Å². The van der Waals surface area contributed by atoms with E-state index in [0.717, 1.165) is 0 Å². The van der Waals surface area contributed by atoms with Gasteiger partial charge in [0.1, 0.15) is 17.6 Å². The number of rotatable bonds is 3. The monoisotopic (exact) mass is 253 g/mol. The molecule has 0 aliphatic carbocycles. The quantitative estimate of drug-likeness (QED) is 0.552. The van der Waals surface area contributed by atoms with Crippen LogP contribution >= 0.6 is 11.6 Å². The minimum Gasteiger partial charge on any atom is -0.394 e. The van der Waals surface area contributed by atoms with Crippen LogP contribution in [0.5, 0.6) is 0 Å². The van der Waals surface area contributed by atoms with Gasteiger partial charge >= 0.3 is 0 Å². The average Bonchev–Trinajstić information content (AvgIpc) is 2.24. The number of methoxy groups -OCH3 is 1. The van der Waals surface area contributed by atoms with E-state index in [-0.39, 0.29) is 12.5 Å². The van der Waals surface area contributed by atoms with Gasteiger partial charge in [0.25, 0.3) is 0 Å². The first kappa shape index (κ1) is 13.7. The van der Waals surface area contributed by atoms with E-state index in [2.05, 4.69) is 5.32 Å². The Kier molecular flexibility index (Phi) is 4.94. The van der Waals surface area contributed by atoms with E-state index >= 15 is 0 Å². The summed E-state index contributed by atoms with van der Waals surface area (Å²) in [6, 6.07) is -0.713. The molecule has 1 fully saturated rings. The Hall–Kier alpha value is -0.400. The normalized spacial score (nSPS) is 39.4. The zero-order valence-electron chi connectivity index (χ0n) is 9.09. The fourth-order valence-electron chi connectivity index (χ4n) is 1.65. The lowest BCUT2D eigenvalue weighted by molar-refractivity contribution is -0.225. The number of hydrogen-bond donors (Lipinski definition) is 3. The lowest BCUT2D eigenvalue weighted by Crippen LogP contribution is -2.62.